The number of hydrogen-bond donors (Lipinski definition) is 0. The fourth-order valence-corrected chi connectivity index (χ4v) is 1.70. The minimum atomic E-state index is -0.330. The van der Waals surface area contributed by atoms with Crippen LogP contribution in [-0.2, 0) is 6.42 Å². The molecule has 17 heavy (non-hydrogen) atoms. The first-order chi connectivity index (χ1) is 8.20. The van der Waals surface area contributed by atoms with Gasteiger partial charge in [-0.1, -0.05) is 25.1 Å². The smallest absolute Gasteiger partial charge is 0.193 e. The van der Waals surface area contributed by atoms with Gasteiger partial charge in [0.1, 0.15) is 5.82 Å². The minimum absolute atomic E-state index is 0.0692. The van der Waals surface area contributed by atoms with Crippen LogP contribution in [-0.4, -0.2) is 5.78 Å². The zero-order chi connectivity index (χ0) is 12.3. The molecule has 2 aromatic rings. The molecule has 0 atom stereocenters. The molecular weight excluding hydrogens is 215 g/mol. The molecule has 0 saturated carbocycles. The van der Waals surface area contributed by atoms with Crippen molar-refractivity contribution in [3.8, 4) is 0 Å². The number of aryl methyl sites for hydroxylation is 1. The number of rotatable bonds is 3. The van der Waals surface area contributed by atoms with Gasteiger partial charge < -0.3 is 0 Å². The van der Waals surface area contributed by atoms with Crippen molar-refractivity contribution in [2.24, 2.45) is 0 Å². The van der Waals surface area contributed by atoms with Gasteiger partial charge in [-0.15, -0.1) is 0 Å². The van der Waals surface area contributed by atoms with Crippen molar-refractivity contribution in [3.05, 3.63) is 71.0 Å². The predicted molar refractivity (Wildman–Crippen MR) is 65.7 cm³/mol. The summed E-state index contributed by atoms with van der Waals surface area (Å²) in [5, 5.41) is 0. The predicted octanol–water partition coefficient (Wildman–Crippen LogP) is 3.62. The first-order valence-corrected chi connectivity index (χ1v) is 5.60. The van der Waals surface area contributed by atoms with E-state index in [-0.39, 0.29) is 11.6 Å². The van der Waals surface area contributed by atoms with Gasteiger partial charge in [0, 0.05) is 11.1 Å². The number of halogens is 1. The third-order valence-electron chi connectivity index (χ3n) is 2.70. The van der Waals surface area contributed by atoms with Crippen molar-refractivity contribution in [3.63, 3.8) is 0 Å². The van der Waals surface area contributed by atoms with Crippen molar-refractivity contribution < 1.29 is 9.18 Å². The van der Waals surface area contributed by atoms with Crippen molar-refractivity contribution in [2.75, 3.05) is 0 Å². The lowest BCUT2D eigenvalue weighted by molar-refractivity contribution is 0.103. The van der Waals surface area contributed by atoms with Gasteiger partial charge in [-0.2, -0.15) is 0 Å². The Balaban J connectivity index is 2.33. The first-order valence-electron chi connectivity index (χ1n) is 5.60. The third-order valence-corrected chi connectivity index (χ3v) is 2.70. The van der Waals surface area contributed by atoms with Crippen LogP contribution in [0.5, 0.6) is 0 Å². The van der Waals surface area contributed by atoms with Crippen molar-refractivity contribution in [1.29, 1.82) is 0 Å². The van der Waals surface area contributed by atoms with Crippen LogP contribution in [0.3, 0.4) is 0 Å². The molecule has 0 aliphatic carbocycles. The van der Waals surface area contributed by atoms with E-state index in [9.17, 15) is 9.18 Å². The van der Waals surface area contributed by atoms with Crippen molar-refractivity contribution in [1.82, 2.24) is 0 Å². The molecule has 86 valence electrons. The molecular formula is C15H13FO. The van der Waals surface area contributed by atoms with Gasteiger partial charge >= 0.3 is 0 Å². The standard InChI is InChI=1S/C15H13FO/c1-2-11-4-3-5-13(10-11)15(17)12-6-8-14(16)9-7-12/h3-10H,2H2,1H3. The molecule has 2 aromatic carbocycles. The van der Waals surface area contributed by atoms with Crippen LogP contribution >= 0.6 is 0 Å². The van der Waals surface area contributed by atoms with E-state index in [0.29, 0.717) is 11.1 Å². The number of benzene rings is 2. The van der Waals surface area contributed by atoms with Crippen LogP contribution in [0.15, 0.2) is 48.5 Å². The topological polar surface area (TPSA) is 17.1 Å². The number of hydrogen-bond acceptors (Lipinski definition) is 1. The molecule has 0 heterocycles. The van der Waals surface area contributed by atoms with E-state index in [0.717, 1.165) is 12.0 Å². The average Bonchev–Trinajstić information content (AvgIpc) is 2.39. The Morgan fingerprint density at radius 3 is 2.41 bits per heavy atom. The van der Waals surface area contributed by atoms with E-state index in [2.05, 4.69) is 0 Å². The molecule has 0 bridgehead atoms. The molecule has 0 unspecified atom stereocenters. The van der Waals surface area contributed by atoms with Gasteiger partial charge in [-0.3, -0.25) is 4.79 Å². The summed E-state index contributed by atoms with van der Waals surface area (Å²) in [5.74, 6) is -0.399. The molecule has 1 nitrogen and oxygen atoms in total. The van der Waals surface area contributed by atoms with E-state index in [1.165, 1.54) is 24.3 Å². The minimum Gasteiger partial charge on any atom is -0.289 e. The fourth-order valence-electron chi connectivity index (χ4n) is 1.70. The molecule has 0 spiro atoms. The van der Waals surface area contributed by atoms with Gasteiger partial charge in [-0.05, 0) is 42.3 Å². The SMILES string of the molecule is CCc1cccc(C(=O)c2ccc(F)cc2)c1. The van der Waals surface area contributed by atoms with E-state index < -0.39 is 0 Å². The Morgan fingerprint density at radius 1 is 1.06 bits per heavy atom. The monoisotopic (exact) mass is 228 g/mol. The zero-order valence-corrected chi connectivity index (χ0v) is 9.61. The summed E-state index contributed by atoms with van der Waals surface area (Å²) in [6, 6.07) is 13.1. The highest BCUT2D eigenvalue weighted by Gasteiger charge is 2.08. The number of carbonyl (C=O) groups excluding carboxylic acids is 1. The second-order valence-electron chi connectivity index (χ2n) is 3.89. The van der Waals surface area contributed by atoms with Gasteiger partial charge in [0.2, 0.25) is 0 Å². The van der Waals surface area contributed by atoms with Gasteiger partial charge in [-0.25, -0.2) is 4.39 Å². The summed E-state index contributed by atoms with van der Waals surface area (Å²) >= 11 is 0. The van der Waals surface area contributed by atoms with Gasteiger partial charge in [0.15, 0.2) is 5.78 Å². The quantitative estimate of drug-likeness (QED) is 0.733. The lowest BCUT2D eigenvalue weighted by Gasteiger charge is -2.03. The highest BCUT2D eigenvalue weighted by molar-refractivity contribution is 6.09. The summed E-state index contributed by atoms with van der Waals surface area (Å²) in [6.45, 7) is 2.04. The Bertz CT molecular complexity index is 529. The molecule has 0 amide bonds. The van der Waals surface area contributed by atoms with E-state index in [1.54, 1.807) is 6.07 Å². The number of ketones is 1. The average molecular weight is 228 g/mol. The van der Waals surface area contributed by atoms with Crippen LogP contribution in [0.4, 0.5) is 4.39 Å². The maximum Gasteiger partial charge on any atom is 0.193 e. The Labute approximate surface area is 99.9 Å². The summed E-state index contributed by atoms with van der Waals surface area (Å²) in [7, 11) is 0. The lowest BCUT2D eigenvalue weighted by Crippen LogP contribution is -2.01. The third kappa shape index (κ3) is 2.59. The molecule has 0 saturated heterocycles. The molecule has 0 aliphatic heterocycles. The molecule has 2 rings (SSSR count). The van der Waals surface area contributed by atoms with Crippen LogP contribution < -0.4 is 0 Å². The second-order valence-corrected chi connectivity index (χ2v) is 3.89. The summed E-state index contributed by atoms with van der Waals surface area (Å²) in [6.07, 6.45) is 0.893. The molecule has 0 aliphatic rings. The van der Waals surface area contributed by atoms with Crippen molar-refractivity contribution in [2.45, 2.75) is 13.3 Å². The normalized spacial score (nSPS) is 10.2. The zero-order valence-electron chi connectivity index (χ0n) is 9.61. The fraction of sp³-hybridized carbons (Fsp3) is 0.133. The molecule has 0 fully saturated rings. The van der Waals surface area contributed by atoms with Crippen LogP contribution in [0.1, 0.15) is 28.4 Å². The van der Waals surface area contributed by atoms with Crippen LogP contribution in [0.25, 0.3) is 0 Å². The largest absolute Gasteiger partial charge is 0.289 e. The lowest BCUT2D eigenvalue weighted by atomic mass is 10.0. The first kappa shape index (κ1) is 11.5. The van der Waals surface area contributed by atoms with Gasteiger partial charge in [0.25, 0.3) is 0 Å². The van der Waals surface area contributed by atoms with Gasteiger partial charge in [0.05, 0.1) is 0 Å². The highest BCUT2D eigenvalue weighted by atomic mass is 19.1. The van der Waals surface area contributed by atoms with Crippen molar-refractivity contribution >= 4 is 5.78 Å². The molecule has 0 N–H and O–H groups in total. The second kappa shape index (κ2) is 4.91. The van der Waals surface area contributed by atoms with E-state index >= 15 is 0 Å². The maximum atomic E-state index is 12.8. The van der Waals surface area contributed by atoms with Crippen LogP contribution in [0, 0.1) is 5.82 Å². The van der Waals surface area contributed by atoms with E-state index in [1.807, 2.05) is 25.1 Å². The number of carbonyl (C=O) groups is 1. The Kier molecular flexibility index (Phi) is 3.33. The van der Waals surface area contributed by atoms with Crippen LogP contribution in [0.2, 0.25) is 0 Å². The Morgan fingerprint density at radius 2 is 1.76 bits per heavy atom. The summed E-state index contributed by atoms with van der Waals surface area (Å²) < 4.78 is 12.8. The molecule has 0 radical (unpaired) electrons. The summed E-state index contributed by atoms with van der Waals surface area (Å²) in [4.78, 5) is 12.1. The maximum absolute atomic E-state index is 12.8. The van der Waals surface area contributed by atoms with E-state index in [4.69, 9.17) is 0 Å². The molecule has 2 heteroatoms. The summed E-state index contributed by atoms with van der Waals surface area (Å²) in [5.41, 5.74) is 2.29. The highest BCUT2D eigenvalue weighted by Crippen LogP contribution is 2.12. The Hall–Kier alpha value is -1.96. The molecule has 0 aromatic heterocycles.